The molecule has 2 aromatic carbocycles. The largest absolute Gasteiger partial charge is 0.492 e. The lowest BCUT2D eigenvalue weighted by atomic mass is 9.87. The second-order valence-corrected chi connectivity index (χ2v) is 8.81. The van der Waals surface area contributed by atoms with Crippen LogP contribution in [0.1, 0.15) is 26.3 Å². The van der Waals surface area contributed by atoms with E-state index in [4.69, 9.17) is 14.2 Å². The van der Waals surface area contributed by atoms with Crippen molar-refractivity contribution in [1.82, 2.24) is 4.72 Å². The van der Waals surface area contributed by atoms with E-state index >= 15 is 0 Å². The fraction of sp³-hybridized carbons (Fsp3) is 0.368. The van der Waals surface area contributed by atoms with E-state index in [0.717, 1.165) is 11.3 Å². The van der Waals surface area contributed by atoms with E-state index in [0.29, 0.717) is 11.5 Å². The standard InChI is InChI=1S/C19H23NO5S/c1-19(2,3)14-5-4-6-15(11-14)23-10-9-20-26(21,22)16-7-8-17-18(12-16)25-13-24-17/h4-8,11-12,20H,9-10,13H2,1-3H3. The van der Waals surface area contributed by atoms with Gasteiger partial charge in [-0.2, -0.15) is 0 Å². The predicted octanol–water partition coefficient (Wildman–Crippen LogP) is 3.07. The van der Waals surface area contributed by atoms with Crippen molar-refractivity contribution in [2.24, 2.45) is 0 Å². The molecule has 26 heavy (non-hydrogen) atoms. The molecule has 0 fully saturated rings. The Morgan fingerprint density at radius 1 is 1.08 bits per heavy atom. The molecule has 0 aliphatic carbocycles. The summed E-state index contributed by atoms with van der Waals surface area (Å²) in [5.74, 6) is 1.70. The molecule has 1 aliphatic rings. The lowest BCUT2D eigenvalue weighted by Gasteiger charge is -2.19. The number of rotatable bonds is 6. The average Bonchev–Trinajstić information content (AvgIpc) is 3.06. The third-order valence-electron chi connectivity index (χ3n) is 4.02. The number of nitrogens with one attached hydrogen (secondary N) is 1. The Bertz CT molecular complexity index is 887. The van der Waals surface area contributed by atoms with Gasteiger partial charge in [0.05, 0.1) is 4.90 Å². The van der Waals surface area contributed by atoms with Crippen molar-refractivity contribution in [1.29, 1.82) is 0 Å². The number of hydrogen-bond acceptors (Lipinski definition) is 5. The third-order valence-corrected chi connectivity index (χ3v) is 5.48. The molecular formula is C19H23NO5S. The van der Waals surface area contributed by atoms with Gasteiger partial charge in [0.25, 0.3) is 0 Å². The molecule has 1 N–H and O–H groups in total. The Balaban J connectivity index is 1.56. The normalized spacial score (nSPS) is 13.7. The Labute approximate surface area is 154 Å². The molecule has 7 heteroatoms. The van der Waals surface area contributed by atoms with Crippen LogP contribution in [0.25, 0.3) is 0 Å². The van der Waals surface area contributed by atoms with Crippen LogP contribution in [-0.2, 0) is 15.4 Å². The molecule has 1 aliphatic heterocycles. The first kappa shape index (κ1) is 18.5. The SMILES string of the molecule is CC(C)(C)c1cccc(OCCNS(=O)(=O)c2ccc3c(c2)OCO3)c1. The molecule has 0 amide bonds. The minimum atomic E-state index is -3.63. The second-order valence-electron chi connectivity index (χ2n) is 7.04. The van der Waals surface area contributed by atoms with Gasteiger partial charge in [-0.05, 0) is 35.2 Å². The first-order chi connectivity index (χ1) is 12.3. The van der Waals surface area contributed by atoms with Crippen molar-refractivity contribution < 1.29 is 22.6 Å². The molecule has 140 valence electrons. The quantitative estimate of drug-likeness (QED) is 0.783. The summed E-state index contributed by atoms with van der Waals surface area (Å²) in [4.78, 5) is 0.136. The third kappa shape index (κ3) is 4.28. The molecule has 2 aromatic rings. The molecule has 0 saturated carbocycles. The minimum Gasteiger partial charge on any atom is -0.492 e. The van der Waals surface area contributed by atoms with Crippen molar-refractivity contribution in [3.05, 3.63) is 48.0 Å². The van der Waals surface area contributed by atoms with Gasteiger partial charge in [0.1, 0.15) is 12.4 Å². The number of ether oxygens (including phenoxy) is 3. The zero-order valence-electron chi connectivity index (χ0n) is 15.1. The second kappa shape index (κ2) is 7.17. The van der Waals surface area contributed by atoms with Crippen LogP contribution >= 0.6 is 0 Å². The van der Waals surface area contributed by atoms with E-state index in [-0.39, 0.29) is 30.3 Å². The first-order valence-electron chi connectivity index (χ1n) is 8.38. The number of sulfonamides is 1. The molecule has 0 bridgehead atoms. The highest BCUT2D eigenvalue weighted by Crippen LogP contribution is 2.33. The number of hydrogen-bond donors (Lipinski definition) is 1. The molecule has 1 heterocycles. The van der Waals surface area contributed by atoms with E-state index in [1.54, 1.807) is 6.07 Å². The number of fused-ring (bicyclic) bond motifs is 1. The monoisotopic (exact) mass is 377 g/mol. The zero-order chi connectivity index (χ0) is 18.8. The maximum Gasteiger partial charge on any atom is 0.240 e. The van der Waals surface area contributed by atoms with Crippen molar-refractivity contribution in [3.63, 3.8) is 0 Å². The molecule has 3 rings (SSSR count). The average molecular weight is 377 g/mol. The van der Waals surface area contributed by atoms with Crippen LogP contribution in [0.3, 0.4) is 0 Å². The van der Waals surface area contributed by atoms with Crippen LogP contribution in [0.15, 0.2) is 47.4 Å². The van der Waals surface area contributed by atoms with Crippen molar-refractivity contribution in [2.45, 2.75) is 31.1 Å². The molecule has 0 aromatic heterocycles. The molecule has 0 radical (unpaired) electrons. The Hall–Kier alpha value is -2.25. The zero-order valence-corrected chi connectivity index (χ0v) is 15.9. The maximum atomic E-state index is 12.4. The summed E-state index contributed by atoms with van der Waals surface area (Å²) in [6.07, 6.45) is 0. The van der Waals surface area contributed by atoms with E-state index < -0.39 is 10.0 Å². The molecule has 0 spiro atoms. The summed E-state index contributed by atoms with van der Waals surface area (Å²) in [5, 5.41) is 0. The fourth-order valence-electron chi connectivity index (χ4n) is 2.52. The van der Waals surface area contributed by atoms with Crippen LogP contribution in [0.5, 0.6) is 17.2 Å². The Kier molecular flexibility index (Phi) is 5.11. The molecular weight excluding hydrogens is 354 g/mol. The Morgan fingerprint density at radius 2 is 1.85 bits per heavy atom. The van der Waals surface area contributed by atoms with Gasteiger partial charge >= 0.3 is 0 Å². The molecule has 0 saturated heterocycles. The van der Waals surface area contributed by atoms with Crippen LogP contribution in [0.2, 0.25) is 0 Å². The topological polar surface area (TPSA) is 73.9 Å². The van der Waals surface area contributed by atoms with Crippen LogP contribution < -0.4 is 18.9 Å². The molecule has 0 atom stereocenters. The highest BCUT2D eigenvalue weighted by atomic mass is 32.2. The first-order valence-corrected chi connectivity index (χ1v) is 9.87. The summed E-state index contributed by atoms with van der Waals surface area (Å²) in [5.41, 5.74) is 1.19. The van der Waals surface area contributed by atoms with Crippen molar-refractivity contribution in [3.8, 4) is 17.2 Å². The Morgan fingerprint density at radius 3 is 2.62 bits per heavy atom. The fourth-order valence-corrected chi connectivity index (χ4v) is 3.55. The smallest absolute Gasteiger partial charge is 0.240 e. The molecule has 6 nitrogen and oxygen atoms in total. The molecule has 0 unspecified atom stereocenters. The highest BCUT2D eigenvalue weighted by Gasteiger charge is 2.20. The van der Waals surface area contributed by atoms with Gasteiger partial charge in [-0.1, -0.05) is 32.9 Å². The summed E-state index contributed by atoms with van der Waals surface area (Å²) in [7, 11) is -3.63. The van der Waals surface area contributed by atoms with Crippen molar-refractivity contribution >= 4 is 10.0 Å². The van der Waals surface area contributed by atoms with Gasteiger partial charge in [-0.3, -0.25) is 0 Å². The van der Waals surface area contributed by atoms with Crippen LogP contribution in [0, 0.1) is 0 Å². The van der Waals surface area contributed by atoms with E-state index in [1.165, 1.54) is 12.1 Å². The van der Waals surface area contributed by atoms with Gasteiger partial charge in [-0.25, -0.2) is 13.1 Å². The van der Waals surface area contributed by atoms with E-state index in [9.17, 15) is 8.42 Å². The van der Waals surface area contributed by atoms with Crippen LogP contribution in [0.4, 0.5) is 0 Å². The lowest BCUT2D eigenvalue weighted by molar-refractivity contribution is 0.174. The summed E-state index contributed by atoms with van der Waals surface area (Å²) < 4.78 is 43.3. The highest BCUT2D eigenvalue weighted by molar-refractivity contribution is 7.89. The van der Waals surface area contributed by atoms with E-state index in [2.05, 4.69) is 31.6 Å². The van der Waals surface area contributed by atoms with Gasteiger partial charge in [0, 0.05) is 12.6 Å². The van der Waals surface area contributed by atoms with E-state index in [1.807, 2.05) is 18.2 Å². The van der Waals surface area contributed by atoms with Crippen molar-refractivity contribution in [2.75, 3.05) is 19.9 Å². The summed E-state index contributed by atoms with van der Waals surface area (Å²) in [6.45, 7) is 6.89. The van der Waals surface area contributed by atoms with Gasteiger partial charge in [-0.15, -0.1) is 0 Å². The lowest BCUT2D eigenvalue weighted by Crippen LogP contribution is -2.28. The minimum absolute atomic E-state index is 0.0281. The summed E-state index contributed by atoms with van der Waals surface area (Å²) >= 11 is 0. The predicted molar refractivity (Wildman–Crippen MR) is 98.4 cm³/mol. The number of benzene rings is 2. The maximum absolute atomic E-state index is 12.4. The van der Waals surface area contributed by atoms with Gasteiger partial charge in [0.15, 0.2) is 11.5 Å². The van der Waals surface area contributed by atoms with Crippen LogP contribution in [-0.4, -0.2) is 28.4 Å². The van der Waals surface area contributed by atoms with Gasteiger partial charge < -0.3 is 14.2 Å². The van der Waals surface area contributed by atoms with Gasteiger partial charge in [0.2, 0.25) is 16.8 Å². The summed E-state index contributed by atoms with van der Waals surface area (Å²) in [6, 6.07) is 12.4.